The first-order valence-electron chi connectivity index (χ1n) is 6.30. The molecule has 8 heteroatoms. The van der Waals surface area contributed by atoms with E-state index >= 15 is 0 Å². The molecule has 0 saturated heterocycles. The number of hydrogen-bond acceptors (Lipinski definition) is 6. The number of benzene rings is 1. The normalized spacial score (nSPS) is 12.0. The summed E-state index contributed by atoms with van der Waals surface area (Å²) in [7, 11) is 0. The van der Waals surface area contributed by atoms with E-state index in [1.807, 2.05) is 0 Å². The van der Waals surface area contributed by atoms with Crippen LogP contribution in [0.3, 0.4) is 0 Å². The Morgan fingerprint density at radius 2 is 2.10 bits per heavy atom. The minimum absolute atomic E-state index is 0.0149. The number of esters is 1. The number of primary amides is 1. The Balaban J connectivity index is 2.07. The lowest BCUT2D eigenvalue weighted by Crippen LogP contribution is -2.31. The van der Waals surface area contributed by atoms with Crippen molar-refractivity contribution in [3.05, 3.63) is 34.6 Å². The predicted octanol–water partition coefficient (Wildman–Crippen LogP) is -0.401. The van der Waals surface area contributed by atoms with E-state index in [-0.39, 0.29) is 18.5 Å². The Bertz CT molecular complexity index is 740. The van der Waals surface area contributed by atoms with Gasteiger partial charge >= 0.3 is 5.97 Å². The summed E-state index contributed by atoms with van der Waals surface area (Å²) in [5.41, 5.74) is 5.14. The number of fused-ring (bicyclic) bond motifs is 1. The van der Waals surface area contributed by atoms with Crippen molar-refractivity contribution in [2.45, 2.75) is 26.0 Å². The number of aryl methyl sites for hydroxylation is 1. The fraction of sp³-hybridized carbons (Fsp3) is 0.308. The van der Waals surface area contributed by atoms with Gasteiger partial charge in [-0.15, -0.1) is 5.10 Å². The minimum atomic E-state index is -1.00. The molecule has 0 bridgehead atoms. The molecule has 1 amide bonds. The van der Waals surface area contributed by atoms with Crippen LogP contribution in [-0.2, 0) is 20.9 Å². The fourth-order valence-corrected chi connectivity index (χ4v) is 1.68. The molecule has 0 aliphatic heterocycles. The first kappa shape index (κ1) is 14.6. The van der Waals surface area contributed by atoms with Crippen molar-refractivity contribution in [2.75, 3.05) is 0 Å². The molecule has 2 rings (SSSR count). The number of amides is 1. The van der Waals surface area contributed by atoms with Crippen LogP contribution in [0.5, 0.6) is 0 Å². The second kappa shape index (κ2) is 6.12. The number of hydrogen-bond donors (Lipinski definition) is 1. The zero-order valence-electron chi connectivity index (χ0n) is 11.4. The Labute approximate surface area is 119 Å². The van der Waals surface area contributed by atoms with Gasteiger partial charge in [-0.2, -0.15) is 0 Å². The number of rotatable bonds is 5. The molecule has 0 aliphatic rings. The van der Waals surface area contributed by atoms with E-state index in [9.17, 15) is 14.4 Å². The highest BCUT2D eigenvalue weighted by Crippen LogP contribution is 2.03. The molecule has 0 unspecified atom stereocenters. The van der Waals surface area contributed by atoms with Gasteiger partial charge in [0.1, 0.15) is 5.52 Å². The van der Waals surface area contributed by atoms with Crippen molar-refractivity contribution < 1.29 is 14.3 Å². The molecule has 1 heterocycles. The number of nitrogens with two attached hydrogens (primary N) is 1. The molecule has 110 valence electrons. The zero-order valence-corrected chi connectivity index (χ0v) is 11.4. The van der Waals surface area contributed by atoms with Crippen molar-refractivity contribution in [1.29, 1.82) is 0 Å². The van der Waals surface area contributed by atoms with Gasteiger partial charge in [-0.25, -0.2) is 4.68 Å². The number of aromatic nitrogens is 3. The molecule has 0 fully saturated rings. The SMILES string of the molecule is C[C@@H](OC(=O)CCn1nnc2ccccc2c1=O)C(N)=O. The van der Waals surface area contributed by atoms with Gasteiger partial charge in [0, 0.05) is 0 Å². The molecule has 1 atom stereocenters. The van der Waals surface area contributed by atoms with Gasteiger partial charge in [0.05, 0.1) is 18.4 Å². The Morgan fingerprint density at radius 1 is 1.38 bits per heavy atom. The third-order valence-corrected chi connectivity index (χ3v) is 2.87. The van der Waals surface area contributed by atoms with Crippen LogP contribution >= 0.6 is 0 Å². The number of carbonyl (C=O) groups is 2. The van der Waals surface area contributed by atoms with E-state index in [1.54, 1.807) is 24.3 Å². The topological polar surface area (TPSA) is 117 Å². The maximum absolute atomic E-state index is 12.1. The van der Waals surface area contributed by atoms with Crippen LogP contribution in [0.4, 0.5) is 0 Å². The molecule has 1 aromatic heterocycles. The standard InChI is InChI=1S/C13H14N4O4/c1-8(12(14)19)21-11(18)6-7-17-13(20)9-4-2-3-5-10(9)15-16-17/h2-5,8H,6-7H2,1H3,(H2,14,19)/t8-/m1/s1. The Morgan fingerprint density at radius 3 is 2.81 bits per heavy atom. The van der Waals surface area contributed by atoms with Crippen LogP contribution in [0.2, 0.25) is 0 Å². The van der Waals surface area contributed by atoms with Crippen molar-refractivity contribution >= 4 is 22.8 Å². The van der Waals surface area contributed by atoms with Crippen molar-refractivity contribution in [2.24, 2.45) is 5.73 Å². The van der Waals surface area contributed by atoms with E-state index in [4.69, 9.17) is 10.5 Å². The van der Waals surface area contributed by atoms with Gasteiger partial charge in [0.15, 0.2) is 6.10 Å². The van der Waals surface area contributed by atoms with Gasteiger partial charge in [-0.05, 0) is 19.1 Å². The molecular formula is C13H14N4O4. The number of nitrogens with zero attached hydrogens (tertiary/aromatic N) is 3. The second-order valence-corrected chi connectivity index (χ2v) is 4.42. The van der Waals surface area contributed by atoms with Gasteiger partial charge in [-0.3, -0.25) is 14.4 Å². The number of ether oxygens (including phenoxy) is 1. The van der Waals surface area contributed by atoms with Crippen LogP contribution in [0, 0.1) is 0 Å². The van der Waals surface area contributed by atoms with Gasteiger partial charge in [0.25, 0.3) is 11.5 Å². The summed E-state index contributed by atoms with van der Waals surface area (Å²) in [6.45, 7) is 1.39. The average Bonchev–Trinajstić information content (AvgIpc) is 2.46. The number of carbonyl (C=O) groups excluding carboxylic acids is 2. The van der Waals surface area contributed by atoms with Gasteiger partial charge in [0.2, 0.25) is 0 Å². The molecule has 0 radical (unpaired) electrons. The van der Waals surface area contributed by atoms with Crippen molar-refractivity contribution in [1.82, 2.24) is 15.0 Å². The average molecular weight is 290 g/mol. The zero-order chi connectivity index (χ0) is 15.4. The van der Waals surface area contributed by atoms with Crippen LogP contribution in [0.15, 0.2) is 29.1 Å². The molecule has 8 nitrogen and oxygen atoms in total. The maximum Gasteiger partial charge on any atom is 0.308 e. The monoisotopic (exact) mass is 290 g/mol. The molecule has 21 heavy (non-hydrogen) atoms. The van der Waals surface area contributed by atoms with E-state index in [1.165, 1.54) is 6.92 Å². The lowest BCUT2D eigenvalue weighted by atomic mass is 10.2. The smallest absolute Gasteiger partial charge is 0.308 e. The lowest BCUT2D eigenvalue weighted by molar-refractivity contribution is -0.154. The molecule has 0 aliphatic carbocycles. The predicted molar refractivity (Wildman–Crippen MR) is 73.2 cm³/mol. The highest BCUT2D eigenvalue weighted by Gasteiger charge is 2.15. The molecule has 0 spiro atoms. The summed E-state index contributed by atoms with van der Waals surface area (Å²) in [5, 5.41) is 8.07. The summed E-state index contributed by atoms with van der Waals surface area (Å²) in [6, 6.07) is 6.79. The summed E-state index contributed by atoms with van der Waals surface area (Å²) in [5.74, 6) is -1.37. The van der Waals surface area contributed by atoms with Crippen LogP contribution in [0.25, 0.3) is 10.9 Å². The summed E-state index contributed by atoms with van der Waals surface area (Å²) < 4.78 is 5.87. The van der Waals surface area contributed by atoms with Crippen LogP contribution in [0.1, 0.15) is 13.3 Å². The van der Waals surface area contributed by atoms with Gasteiger partial charge < -0.3 is 10.5 Å². The quantitative estimate of drug-likeness (QED) is 0.749. The third kappa shape index (κ3) is 3.41. The molecule has 2 N–H and O–H groups in total. The molecule has 2 aromatic rings. The van der Waals surface area contributed by atoms with Gasteiger partial charge in [-0.1, -0.05) is 17.3 Å². The first-order chi connectivity index (χ1) is 9.99. The van der Waals surface area contributed by atoms with Crippen molar-refractivity contribution in [3.63, 3.8) is 0 Å². The maximum atomic E-state index is 12.1. The third-order valence-electron chi connectivity index (χ3n) is 2.87. The van der Waals surface area contributed by atoms with E-state index in [0.717, 1.165) is 4.68 Å². The summed E-state index contributed by atoms with van der Waals surface area (Å²) in [6.07, 6.45) is -1.11. The minimum Gasteiger partial charge on any atom is -0.453 e. The fourth-order valence-electron chi connectivity index (χ4n) is 1.68. The van der Waals surface area contributed by atoms with E-state index < -0.39 is 18.0 Å². The van der Waals surface area contributed by atoms with E-state index in [2.05, 4.69) is 10.3 Å². The Hall–Kier alpha value is -2.77. The van der Waals surface area contributed by atoms with Crippen molar-refractivity contribution in [3.8, 4) is 0 Å². The first-order valence-corrected chi connectivity index (χ1v) is 6.30. The largest absolute Gasteiger partial charge is 0.453 e. The highest BCUT2D eigenvalue weighted by molar-refractivity contribution is 5.81. The molecular weight excluding hydrogens is 276 g/mol. The highest BCUT2D eigenvalue weighted by atomic mass is 16.5. The lowest BCUT2D eigenvalue weighted by Gasteiger charge is -2.09. The molecule has 1 aromatic carbocycles. The van der Waals surface area contributed by atoms with Crippen LogP contribution in [-0.4, -0.2) is 33.0 Å². The van der Waals surface area contributed by atoms with Crippen LogP contribution < -0.4 is 11.3 Å². The summed E-state index contributed by atoms with van der Waals surface area (Å²) >= 11 is 0. The Kier molecular flexibility index (Phi) is 4.27. The summed E-state index contributed by atoms with van der Waals surface area (Å²) in [4.78, 5) is 34.4. The van der Waals surface area contributed by atoms with E-state index in [0.29, 0.717) is 10.9 Å². The molecule has 0 saturated carbocycles. The second-order valence-electron chi connectivity index (χ2n) is 4.42.